The highest BCUT2D eigenvalue weighted by Gasteiger charge is 2.94. The Labute approximate surface area is 158 Å². The predicted molar refractivity (Wildman–Crippen MR) is 61.7 cm³/mol. The average molecular weight is 507 g/mol. The lowest BCUT2D eigenvalue weighted by Gasteiger charge is -2.41. The van der Waals surface area contributed by atoms with Crippen LogP contribution in [-0.4, -0.2) is 54.0 Å². The Morgan fingerprint density at radius 3 is 1.33 bits per heavy atom. The number of carbonyl (C=O) groups is 1. The molecule has 0 aliphatic heterocycles. The molecule has 0 aromatic heterocycles. The summed E-state index contributed by atoms with van der Waals surface area (Å²) in [6.45, 7) is 0. The molecular formula is C11H3ClF16O2. The molecule has 0 fully saturated rings. The predicted octanol–water partition coefficient (Wildman–Crippen LogP) is 5.95. The van der Waals surface area contributed by atoms with Crippen molar-refractivity contribution >= 4 is 17.6 Å². The normalized spacial score (nSPS) is 16.7. The Morgan fingerprint density at radius 2 is 1.00 bits per heavy atom. The van der Waals surface area contributed by atoms with Crippen LogP contribution in [0.15, 0.2) is 11.6 Å². The van der Waals surface area contributed by atoms with E-state index in [0.717, 1.165) is 0 Å². The highest BCUT2D eigenvalue weighted by Crippen LogP contribution is 2.62. The van der Waals surface area contributed by atoms with E-state index in [2.05, 4.69) is 16.3 Å². The molecule has 0 bridgehead atoms. The van der Waals surface area contributed by atoms with Crippen molar-refractivity contribution in [3.63, 3.8) is 0 Å². The summed E-state index contributed by atoms with van der Waals surface area (Å²) < 4.78 is 208. The molecule has 30 heavy (non-hydrogen) atoms. The molecule has 2 nitrogen and oxygen atoms in total. The van der Waals surface area contributed by atoms with Gasteiger partial charge in [0, 0.05) is 11.6 Å². The van der Waals surface area contributed by atoms with Crippen LogP contribution in [0.2, 0.25) is 0 Å². The van der Waals surface area contributed by atoms with E-state index in [0.29, 0.717) is 0 Å². The molecule has 0 rings (SSSR count). The van der Waals surface area contributed by atoms with Gasteiger partial charge >= 0.3 is 54.0 Å². The van der Waals surface area contributed by atoms with E-state index in [9.17, 15) is 75.0 Å². The van der Waals surface area contributed by atoms with Gasteiger partial charge in [-0.25, -0.2) is 4.79 Å². The first kappa shape index (κ1) is 28.4. The van der Waals surface area contributed by atoms with Gasteiger partial charge in [0.25, 0.3) is 0 Å². The molecule has 0 aliphatic carbocycles. The second kappa shape index (κ2) is 7.81. The van der Waals surface area contributed by atoms with Crippen LogP contribution in [0.5, 0.6) is 0 Å². The Bertz CT molecular complexity index is 667. The summed E-state index contributed by atoms with van der Waals surface area (Å²) in [5.41, 5.74) is 0.0495. The molecule has 0 N–H and O–H groups in total. The van der Waals surface area contributed by atoms with Gasteiger partial charge in [0.05, 0.1) is 0 Å². The van der Waals surface area contributed by atoms with Gasteiger partial charge in [0.2, 0.25) is 0 Å². The minimum absolute atomic E-state index is 0.0495. The zero-order valence-electron chi connectivity index (χ0n) is 13.0. The second-order valence-electron chi connectivity index (χ2n) is 5.04. The van der Waals surface area contributed by atoms with Crippen LogP contribution in [0.4, 0.5) is 70.2 Å². The SMILES string of the molecule is O=C(C=CCl)OC(F)C(F)(F)C(F)(F)C(F)(F)C(F)(F)C(F)(F)C(F)(F)C(F)(F)F. The molecule has 0 aliphatic rings. The van der Waals surface area contributed by atoms with Gasteiger partial charge in [-0.15, -0.1) is 0 Å². The molecule has 0 heterocycles. The van der Waals surface area contributed by atoms with E-state index in [1.165, 1.54) is 0 Å². The smallest absolute Gasteiger partial charge is 0.421 e. The zero-order chi connectivity index (χ0) is 24.8. The molecule has 0 saturated heterocycles. The van der Waals surface area contributed by atoms with Crippen molar-refractivity contribution in [3.05, 3.63) is 11.6 Å². The summed E-state index contributed by atoms with van der Waals surface area (Å²) in [7, 11) is 0. The number of ether oxygens (including phenoxy) is 1. The summed E-state index contributed by atoms with van der Waals surface area (Å²) in [5, 5.41) is 0. The van der Waals surface area contributed by atoms with E-state index in [1.54, 1.807) is 0 Å². The second-order valence-corrected chi connectivity index (χ2v) is 5.29. The zero-order valence-corrected chi connectivity index (χ0v) is 13.7. The van der Waals surface area contributed by atoms with Gasteiger partial charge in [-0.3, -0.25) is 0 Å². The maximum absolute atomic E-state index is 13.3. The van der Waals surface area contributed by atoms with E-state index < -0.39 is 54.0 Å². The Balaban J connectivity index is 6.45. The largest absolute Gasteiger partial charge is 0.460 e. The maximum Gasteiger partial charge on any atom is 0.460 e. The molecule has 1 unspecified atom stereocenters. The summed E-state index contributed by atoms with van der Waals surface area (Å²) >= 11 is 4.64. The first-order chi connectivity index (χ1) is 12.9. The highest BCUT2D eigenvalue weighted by molar-refractivity contribution is 6.26. The van der Waals surface area contributed by atoms with Gasteiger partial charge in [-0.1, -0.05) is 11.6 Å². The van der Waals surface area contributed by atoms with Crippen LogP contribution >= 0.6 is 11.6 Å². The van der Waals surface area contributed by atoms with Crippen LogP contribution in [0.1, 0.15) is 0 Å². The lowest BCUT2D eigenvalue weighted by atomic mass is 9.91. The third-order valence-corrected chi connectivity index (χ3v) is 3.18. The molecule has 0 spiro atoms. The number of esters is 1. The standard InChI is InChI=1S/C11H3ClF16O2/c12-2-1-3(29)30-4(13)5(14,15)6(16,17)7(18,19)8(20,21)9(22,23)10(24,25)11(26,27)28/h1-2,4H. The average Bonchev–Trinajstić information content (AvgIpc) is 2.52. The quantitative estimate of drug-likeness (QED) is 0.231. The molecule has 0 saturated carbocycles. The van der Waals surface area contributed by atoms with Gasteiger partial charge < -0.3 is 4.74 Å². The van der Waals surface area contributed by atoms with Crippen LogP contribution in [0, 0.1) is 0 Å². The molecule has 19 heteroatoms. The molecule has 0 aromatic carbocycles. The molecule has 178 valence electrons. The Hall–Kier alpha value is -1.62. The lowest BCUT2D eigenvalue weighted by molar-refractivity contribution is -0.458. The van der Waals surface area contributed by atoms with Crippen LogP contribution < -0.4 is 0 Å². The molecule has 1 atom stereocenters. The topological polar surface area (TPSA) is 26.3 Å². The summed E-state index contributed by atoms with van der Waals surface area (Å²) in [5.74, 6) is -51.6. The highest BCUT2D eigenvalue weighted by atomic mass is 35.5. The van der Waals surface area contributed by atoms with E-state index in [1.807, 2.05) is 0 Å². The van der Waals surface area contributed by atoms with Crippen molar-refractivity contribution in [2.45, 2.75) is 48.1 Å². The summed E-state index contributed by atoms with van der Waals surface area (Å²) in [6.07, 6.45) is -13.3. The first-order valence-corrected chi connectivity index (χ1v) is 6.76. The van der Waals surface area contributed by atoms with Crippen LogP contribution in [0.25, 0.3) is 0 Å². The van der Waals surface area contributed by atoms with Crippen molar-refractivity contribution < 1.29 is 79.8 Å². The van der Waals surface area contributed by atoms with Crippen LogP contribution in [0.3, 0.4) is 0 Å². The number of rotatable bonds is 8. The van der Waals surface area contributed by atoms with Crippen molar-refractivity contribution in [3.8, 4) is 0 Å². The number of hydrogen-bond donors (Lipinski definition) is 0. The molecule has 0 aromatic rings. The fraction of sp³-hybridized carbons (Fsp3) is 0.727. The molecule has 0 amide bonds. The molecule has 0 radical (unpaired) electrons. The third-order valence-electron chi connectivity index (χ3n) is 3.06. The monoisotopic (exact) mass is 506 g/mol. The fourth-order valence-corrected chi connectivity index (χ4v) is 1.49. The number of hydrogen-bond acceptors (Lipinski definition) is 2. The number of carbonyl (C=O) groups excluding carboxylic acids is 1. The van der Waals surface area contributed by atoms with Gasteiger partial charge in [0.1, 0.15) is 0 Å². The minimum atomic E-state index is -8.56. The molecular weight excluding hydrogens is 504 g/mol. The van der Waals surface area contributed by atoms with Gasteiger partial charge in [0.15, 0.2) is 0 Å². The van der Waals surface area contributed by atoms with E-state index in [-0.39, 0.29) is 11.6 Å². The van der Waals surface area contributed by atoms with E-state index >= 15 is 0 Å². The van der Waals surface area contributed by atoms with Crippen molar-refractivity contribution in [1.82, 2.24) is 0 Å². The summed E-state index contributed by atoms with van der Waals surface area (Å²) in [6, 6.07) is 0. The summed E-state index contributed by atoms with van der Waals surface area (Å²) in [4.78, 5) is 10.6. The van der Waals surface area contributed by atoms with Crippen LogP contribution in [-0.2, 0) is 9.53 Å². The maximum atomic E-state index is 13.3. The Morgan fingerprint density at radius 1 is 0.667 bits per heavy atom. The fourth-order valence-electron chi connectivity index (χ4n) is 1.39. The van der Waals surface area contributed by atoms with Crippen molar-refractivity contribution in [2.75, 3.05) is 0 Å². The Kier molecular flexibility index (Phi) is 7.39. The minimum Gasteiger partial charge on any atom is -0.421 e. The van der Waals surface area contributed by atoms with Crippen molar-refractivity contribution in [1.29, 1.82) is 0 Å². The lowest BCUT2D eigenvalue weighted by Crippen LogP contribution is -2.73. The van der Waals surface area contributed by atoms with Gasteiger partial charge in [-0.05, 0) is 0 Å². The number of halogens is 17. The van der Waals surface area contributed by atoms with Crippen molar-refractivity contribution in [2.24, 2.45) is 0 Å². The third kappa shape index (κ3) is 3.98. The first-order valence-electron chi connectivity index (χ1n) is 6.33. The van der Waals surface area contributed by atoms with E-state index in [4.69, 9.17) is 0 Å². The van der Waals surface area contributed by atoms with Gasteiger partial charge in [-0.2, -0.15) is 70.2 Å². The number of alkyl halides is 16.